The maximum atomic E-state index is 5.60. The molecule has 0 radical (unpaired) electrons. The van der Waals surface area contributed by atoms with Crippen LogP contribution < -0.4 is 5.73 Å². The zero-order valence-electron chi connectivity index (χ0n) is 8.83. The van der Waals surface area contributed by atoms with Crippen LogP contribution in [-0.2, 0) is 11.2 Å². The summed E-state index contributed by atoms with van der Waals surface area (Å²) >= 11 is 0. The molecule has 2 nitrogen and oxygen atoms in total. The van der Waals surface area contributed by atoms with Crippen molar-refractivity contribution >= 4 is 5.69 Å². The van der Waals surface area contributed by atoms with Gasteiger partial charge in [-0.05, 0) is 37.0 Å². The van der Waals surface area contributed by atoms with Crippen LogP contribution in [0.1, 0.15) is 25.3 Å². The minimum Gasteiger partial charge on any atom is -0.399 e. The largest absolute Gasteiger partial charge is 0.399 e. The second-order valence-corrected chi connectivity index (χ2v) is 3.46. The lowest BCUT2D eigenvalue weighted by molar-refractivity contribution is 0.132. The molecule has 0 saturated carbocycles. The molecule has 1 rings (SSSR count). The third-order valence-corrected chi connectivity index (χ3v) is 2.08. The summed E-state index contributed by atoms with van der Waals surface area (Å²) in [4.78, 5) is 0. The molecule has 0 bridgehead atoms. The second-order valence-electron chi connectivity index (χ2n) is 3.46. The lowest BCUT2D eigenvalue weighted by Gasteiger charge is -2.03. The standard InChI is InChI=1S/C12H19NO/c1-2-9-14-10-3-4-11-5-7-12(13)8-6-11/h5-8H,2-4,9-10,13H2,1H3. The van der Waals surface area contributed by atoms with Gasteiger partial charge in [0.25, 0.3) is 0 Å². The monoisotopic (exact) mass is 193 g/mol. The van der Waals surface area contributed by atoms with Crippen molar-refractivity contribution in [3.05, 3.63) is 29.8 Å². The highest BCUT2D eigenvalue weighted by molar-refractivity contribution is 5.39. The molecule has 0 aliphatic heterocycles. The molecule has 1 aromatic rings. The molecular formula is C12H19NO. The Bertz CT molecular complexity index is 243. The van der Waals surface area contributed by atoms with Gasteiger partial charge in [-0.2, -0.15) is 0 Å². The molecule has 0 spiro atoms. The van der Waals surface area contributed by atoms with Crippen molar-refractivity contribution in [1.82, 2.24) is 0 Å². The molecule has 78 valence electrons. The molecule has 2 heteroatoms. The molecule has 0 atom stereocenters. The van der Waals surface area contributed by atoms with E-state index in [4.69, 9.17) is 10.5 Å². The Labute approximate surface area is 86.1 Å². The normalized spacial score (nSPS) is 10.4. The van der Waals surface area contributed by atoms with Crippen LogP contribution in [-0.4, -0.2) is 13.2 Å². The average Bonchev–Trinajstić information content (AvgIpc) is 2.21. The molecule has 0 aliphatic rings. The van der Waals surface area contributed by atoms with Gasteiger partial charge in [-0.3, -0.25) is 0 Å². The zero-order valence-corrected chi connectivity index (χ0v) is 8.83. The van der Waals surface area contributed by atoms with Gasteiger partial charge in [0.2, 0.25) is 0 Å². The maximum absolute atomic E-state index is 5.60. The van der Waals surface area contributed by atoms with Crippen LogP contribution in [0.2, 0.25) is 0 Å². The summed E-state index contributed by atoms with van der Waals surface area (Å²) in [5.41, 5.74) is 7.76. The molecule has 1 aromatic carbocycles. The highest BCUT2D eigenvalue weighted by Gasteiger charge is 1.93. The van der Waals surface area contributed by atoms with E-state index in [9.17, 15) is 0 Å². The molecule has 14 heavy (non-hydrogen) atoms. The fourth-order valence-corrected chi connectivity index (χ4v) is 1.31. The summed E-state index contributed by atoms with van der Waals surface area (Å²) in [6, 6.07) is 8.05. The number of rotatable bonds is 6. The van der Waals surface area contributed by atoms with Crippen LogP contribution in [0.5, 0.6) is 0 Å². The molecule has 0 saturated heterocycles. The molecule has 2 N–H and O–H groups in total. The summed E-state index contributed by atoms with van der Waals surface area (Å²) in [6.45, 7) is 3.86. The molecule has 0 heterocycles. The Morgan fingerprint density at radius 3 is 2.50 bits per heavy atom. The third kappa shape index (κ3) is 4.28. The third-order valence-electron chi connectivity index (χ3n) is 2.08. The first kappa shape index (κ1) is 11.1. The van der Waals surface area contributed by atoms with E-state index in [1.165, 1.54) is 5.56 Å². The predicted molar refractivity (Wildman–Crippen MR) is 60.3 cm³/mol. The predicted octanol–water partition coefficient (Wildman–Crippen LogP) is 2.63. The minimum atomic E-state index is 0.830. The van der Waals surface area contributed by atoms with Crippen LogP contribution in [0.15, 0.2) is 24.3 Å². The Balaban J connectivity index is 2.15. The van der Waals surface area contributed by atoms with Crippen molar-refractivity contribution in [1.29, 1.82) is 0 Å². The second kappa shape index (κ2) is 6.44. The van der Waals surface area contributed by atoms with Gasteiger partial charge in [0.05, 0.1) is 0 Å². The fraction of sp³-hybridized carbons (Fsp3) is 0.500. The Hall–Kier alpha value is -1.02. The molecule has 0 unspecified atom stereocenters. The highest BCUT2D eigenvalue weighted by Crippen LogP contribution is 2.07. The van der Waals surface area contributed by atoms with Gasteiger partial charge in [0, 0.05) is 18.9 Å². The van der Waals surface area contributed by atoms with Gasteiger partial charge in [0.1, 0.15) is 0 Å². The van der Waals surface area contributed by atoms with Crippen LogP contribution in [0.4, 0.5) is 5.69 Å². The van der Waals surface area contributed by atoms with Gasteiger partial charge in [-0.25, -0.2) is 0 Å². The van der Waals surface area contributed by atoms with Gasteiger partial charge < -0.3 is 10.5 Å². The van der Waals surface area contributed by atoms with Crippen LogP contribution in [0.25, 0.3) is 0 Å². The summed E-state index contributed by atoms with van der Waals surface area (Å²) < 4.78 is 5.40. The number of aryl methyl sites for hydroxylation is 1. The maximum Gasteiger partial charge on any atom is 0.0469 e. The van der Waals surface area contributed by atoms with Crippen molar-refractivity contribution in [3.8, 4) is 0 Å². The van der Waals surface area contributed by atoms with E-state index in [1.807, 2.05) is 12.1 Å². The van der Waals surface area contributed by atoms with E-state index in [2.05, 4.69) is 19.1 Å². The van der Waals surface area contributed by atoms with E-state index in [0.717, 1.165) is 38.2 Å². The fourth-order valence-electron chi connectivity index (χ4n) is 1.31. The lowest BCUT2D eigenvalue weighted by Crippen LogP contribution is -1.97. The SMILES string of the molecule is CCCOCCCc1ccc(N)cc1. The number of hydrogen-bond donors (Lipinski definition) is 1. The smallest absolute Gasteiger partial charge is 0.0469 e. The van der Waals surface area contributed by atoms with E-state index in [0.29, 0.717) is 0 Å². The molecule has 0 fully saturated rings. The first-order valence-corrected chi connectivity index (χ1v) is 5.25. The van der Waals surface area contributed by atoms with Crippen LogP contribution in [0.3, 0.4) is 0 Å². The number of hydrogen-bond acceptors (Lipinski definition) is 2. The summed E-state index contributed by atoms with van der Waals surface area (Å²) in [6.07, 6.45) is 3.26. The van der Waals surface area contributed by atoms with Crippen molar-refractivity contribution < 1.29 is 4.74 Å². The number of nitrogen functional groups attached to an aromatic ring is 1. The minimum absolute atomic E-state index is 0.830. The van der Waals surface area contributed by atoms with Crippen LogP contribution >= 0.6 is 0 Å². The Morgan fingerprint density at radius 2 is 1.86 bits per heavy atom. The topological polar surface area (TPSA) is 35.2 Å². The number of ether oxygens (including phenoxy) is 1. The number of benzene rings is 1. The first-order chi connectivity index (χ1) is 6.83. The van der Waals surface area contributed by atoms with E-state index in [-0.39, 0.29) is 0 Å². The average molecular weight is 193 g/mol. The van der Waals surface area contributed by atoms with Gasteiger partial charge in [-0.1, -0.05) is 19.1 Å². The zero-order chi connectivity index (χ0) is 10.2. The van der Waals surface area contributed by atoms with Crippen LogP contribution in [0, 0.1) is 0 Å². The van der Waals surface area contributed by atoms with E-state index in [1.54, 1.807) is 0 Å². The first-order valence-electron chi connectivity index (χ1n) is 5.25. The van der Waals surface area contributed by atoms with Crippen molar-refractivity contribution in [2.24, 2.45) is 0 Å². The molecule has 0 aliphatic carbocycles. The molecule has 0 amide bonds. The number of nitrogens with two attached hydrogens (primary N) is 1. The highest BCUT2D eigenvalue weighted by atomic mass is 16.5. The summed E-state index contributed by atoms with van der Waals surface area (Å²) in [5, 5.41) is 0. The van der Waals surface area contributed by atoms with Crippen molar-refractivity contribution in [2.75, 3.05) is 18.9 Å². The van der Waals surface area contributed by atoms with E-state index < -0.39 is 0 Å². The van der Waals surface area contributed by atoms with Crippen molar-refractivity contribution in [2.45, 2.75) is 26.2 Å². The molecule has 0 aromatic heterocycles. The Kier molecular flexibility index (Phi) is 5.08. The summed E-state index contributed by atoms with van der Waals surface area (Å²) in [5.74, 6) is 0. The lowest BCUT2D eigenvalue weighted by atomic mass is 10.1. The van der Waals surface area contributed by atoms with Gasteiger partial charge >= 0.3 is 0 Å². The van der Waals surface area contributed by atoms with E-state index >= 15 is 0 Å². The Morgan fingerprint density at radius 1 is 1.14 bits per heavy atom. The van der Waals surface area contributed by atoms with Gasteiger partial charge in [-0.15, -0.1) is 0 Å². The summed E-state index contributed by atoms with van der Waals surface area (Å²) in [7, 11) is 0. The van der Waals surface area contributed by atoms with Gasteiger partial charge in [0.15, 0.2) is 0 Å². The quantitative estimate of drug-likeness (QED) is 0.557. The molecular weight excluding hydrogens is 174 g/mol. The number of anilines is 1. The van der Waals surface area contributed by atoms with Crippen molar-refractivity contribution in [3.63, 3.8) is 0 Å².